The smallest absolute Gasteiger partial charge is 0.213 e. The fourth-order valence-electron chi connectivity index (χ4n) is 1.35. The van der Waals surface area contributed by atoms with Gasteiger partial charge in [-0.3, -0.25) is 0 Å². The van der Waals surface area contributed by atoms with Crippen LogP contribution in [-0.2, 0) is 13.0 Å². The van der Waals surface area contributed by atoms with Gasteiger partial charge in [0.25, 0.3) is 0 Å². The number of aryl methyl sites for hydroxylation is 1. The third-order valence-corrected chi connectivity index (χ3v) is 3.03. The summed E-state index contributed by atoms with van der Waals surface area (Å²) in [6.07, 6.45) is 3.96. The first-order chi connectivity index (χ1) is 8.74. The normalized spacial score (nSPS) is 10.4. The van der Waals surface area contributed by atoms with Crippen LogP contribution < -0.4 is 16.6 Å². The van der Waals surface area contributed by atoms with E-state index in [0.29, 0.717) is 28.5 Å². The van der Waals surface area contributed by atoms with Crippen LogP contribution in [0.3, 0.4) is 0 Å². The minimum Gasteiger partial charge on any atom is -0.444 e. The van der Waals surface area contributed by atoms with E-state index < -0.39 is 0 Å². The molecule has 2 aromatic rings. The summed E-state index contributed by atoms with van der Waals surface area (Å²) >= 11 is 3.35. The molecule has 2 heterocycles. The number of anilines is 2. The average molecular weight is 313 g/mol. The molecule has 0 spiro atoms. The van der Waals surface area contributed by atoms with E-state index in [0.717, 1.165) is 12.2 Å². The summed E-state index contributed by atoms with van der Waals surface area (Å²) in [7, 11) is 0. The quantitative estimate of drug-likeness (QED) is 0.570. The molecule has 0 aliphatic rings. The van der Waals surface area contributed by atoms with E-state index in [1.807, 2.05) is 6.92 Å². The van der Waals surface area contributed by atoms with E-state index in [4.69, 9.17) is 10.3 Å². The molecule has 0 aliphatic heterocycles. The fourth-order valence-corrected chi connectivity index (χ4v) is 1.81. The minimum atomic E-state index is 0.444. The predicted molar refractivity (Wildman–Crippen MR) is 70.7 cm³/mol. The predicted octanol–water partition coefficient (Wildman–Crippen LogP) is 1.69. The first-order valence-electron chi connectivity index (χ1n) is 5.39. The molecule has 0 saturated carbocycles. The van der Waals surface area contributed by atoms with Gasteiger partial charge < -0.3 is 15.2 Å². The number of nitrogens with two attached hydrogens (primary N) is 1. The minimum absolute atomic E-state index is 0.444. The van der Waals surface area contributed by atoms with Gasteiger partial charge in [0.15, 0.2) is 5.82 Å². The van der Waals surface area contributed by atoms with Crippen molar-refractivity contribution < 1.29 is 4.42 Å². The van der Waals surface area contributed by atoms with Gasteiger partial charge in [-0.2, -0.15) is 0 Å². The molecule has 4 N–H and O–H groups in total. The van der Waals surface area contributed by atoms with Crippen LogP contribution in [-0.4, -0.2) is 15.0 Å². The lowest BCUT2D eigenvalue weighted by Gasteiger charge is -2.07. The Morgan fingerprint density at radius 2 is 2.11 bits per heavy atom. The van der Waals surface area contributed by atoms with E-state index in [1.54, 1.807) is 6.20 Å². The van der Waals surface area contributed by atoms with E-state index in [2.05, 4.69) is 41.6 Å². The Morgan fingerprint density at radius 1 is 1.33 bits per heavy atom. The topological polar surface area (TPSA) is 102 Å². The maximum Gasteiger partial charge on any atom is 0.213 e. The molecule has 18 heavy (non-hydrogen) atoms. The molecule has 0 aliphatic carbocycles. The van der Waals surface area contributed by atoms with Crippen molar-refractivity contribution in [2.75, 3.05) is 10.7 Å². The lowest BCUT2D eigenvalue weighted by Crippen LogP contribution is -2.11. The number of hydrazine groups is 1. The van der Waals surface area contributed by atoms with Crippen LogP contribution in [0.4, 0.5) is 11.6 Å². The monoisotopic (exact) mass is 312 g/mol. The zero-order chi connectivity index (χ0) is 13.0. The third-order valence-electron chi connectivity index (χ3n) is 2.28. The Balaban J connectivity index is 2.06. The molecule has 7 nitrogen and oxygen atoms in total. The molecule has 0 bridgehead atoms. The van der Waals surface area contributed by atoms with Crippen LogP contribution in [0, 0.1) is 0 Å². The number of nitrogens with zero attached hydrogens (tertiary/aromatic N) is 3. The molecular formula is C10H13BrN6O. The maximum atomic E-state index is 5.48. The van der Waals surface area contributed by atoms with Crippen molar-refractivity contribution in [3.8, 4) is 0 Å². The number of oxazole rings is 1. The second-order valence-electron chi connectivity index (χ2n) is 3.46. The Hall–Kier alpha value is -1.67. The number of nitrogen functional groups attached to an aromatic ring is 1. The van der Waals surface area contributed by atoms with Crippen LogP contribution in [0.1, 0.15) is 18.6 Å². The van der Waals surface area contributed by atoms with Gasteiger partial charge in [-0.15, -0.1) is 0 Å². The van der Waals surface area contributed by atoms with Gasteiger partial charge in [0.2, 0.25) is 5.89 Å². The Labute approximate surface area is 112 Å². The maximum absolute atomic E-state index is 5.48. The van der Waals surface area contributed by atoms with Crippen molar-refractivity contribution in [2.45, 2.75) is 19.9 Å². The van der Waals surface area contributed by atoms with Crippen molar-refractivity contribution >= 4 is 27.6 Å². The molecule has 0 amide bonds. The Kier molecular flexibility index (Phi) is 4.11. The van der Waals surface area contributed by atoms with Gasteiger partial charge >= 0.3 is 0 Å². The van der Waals surface area contributed by atoms with Gasteiger partial charge in [0.05, 0.1) is 12.7 Å². The summed E-state index contributed by atoms with van der Waals surface area (Å²) in [5.41, 5.74) is 2.47. The first kappa shape index (κ1) is 12.8. The van der Waals surface area contributed by atoms with Gasteiger partial charge in [0, 0.05) is 6.42 Å². The second kappa shape index (κ2) is 5.78. The highest BCUT2D eigenvalue weighted by atomic mass is 79.9. The highest BCUT2D eigenvalue weighted by Gasteiger charge is 2.08. The summed E-state index contributed by atoms with van der Waals surface area (Å²) in [5, 5.41) is 3.09. The van der Waals surface area contributed by atoms with E-state index >= 15 is 0 Å². The van der Waals surface area contributed by atoms with Gasteiger partial charge in [-0.25, -0.2) is 20.8 Å². The Bertz CT molecular complexity index is 529. The van der Waals surface area contributed by atoms with Crippen LogP contribution in [0.25, 0.3) is 0 Å². The number of aromatic nitrogens is 3. The summed E-state index contributed by atoms with van der Waals surface area (Å²) in [5.74, 6) is 7.92. The molecule has 0 fully saturated rings. The summed E-state index contributed by atoms with van der Waals surface area (Å²) < 4.78 is 6.14. The van der Waals surface area contributed by atoms with E-state index in [1.165, 1.54) is 6.33 Å². The molecule has 2 aromatic heterocycles. The van der Waals surface area contributed by atoms with Gasteiger partial charge in [0.1, 0.15) is 22.4 Å². The lowest BCUT2D eigenvalue weighted by molar-refractivity contribution is 0.465. The molecule has 0 aromatic carbocycles. The number of hydrogen-bond donors (Lipinski definition) is 3. The molecule has 96 valence electrons. The highest BCUT2D eigenvalue weighted by molar-refractivity contribution is 9.10. The zero-order valence-electron chi connectivity index (χ0n) is 9.77. The van der Waals surface area contributed by atoms with Crippen LogP contribution in [0.2, 0.25) is 0 Å². The standard InChI is InChI=1S/C10H13BrN6O/c1-2-6-3-13-7(18-6)4-14-9-8(11)10(17-12)16-5-15-9/h3,5H,2,4,12H2,1H3,(H2,14,15,16,17). The fraction of sp³-hybridized carbons (Fsp3) is 0.300. The van der Waals surface area contributed by atoms with E-state index in [-0.39, 0.29) is 0 Å². The summed E-state index contributed by atoms with van der Waals surface area (Å²) in [6.45, 7) is 2.46. The zero-order valence-corrected chi connectivity index (χ0v) is 11.4. The van der Waals surface area contributed by atoms with Crippen molar-refractivity contribution in [1.82, 2.24) is 15.0 Å². The second-order valence-corrected chi connectivity index (χ2v) is 4.25. The number of rotatable bonds is 5. The molecule has 0 radical (unpaired) electrons. The number of nitrogens with one attached hydrogen (secondary N) is 2. The lowest BCUT2D eigenvalue weighted by atomic mass is 10.4. The highest BCUT2D eigenvalue weighted by Crippen LogP contribution is 2.25. The van der Waals surface area contributed by atoms with Crippen molar-refractivity contribution in [3.05, 3.63) is 28.6 Å². The number of halogens is 1. The number of hydrogen-bond acceptors (Lipinski definition) is 7. The molecular weight excluding hydrogens is 300 g/mol. The Morgan fingerprint density at radius 3 is 2.78 bits per heavy atom. The molecule has 0 unspecified atom stereocenters. The largest absolute Gasteiger partial charge is 0.444 e. The van der Waals surface area contributed by atoms with Crippen molar-refractivity contribution in [1.29, 1.82) is 0 Å². The van der Waals surface area contributed by atoms with Crippen LogP contribution >= 0.6 is 15.9 Å². The van der Waals surface area contributed by atoms with Gasteiger partial charge in [-0.1, -0.05) is 6.92 Å². The van der Waals surface area contributed by atoms with Crippen molar-refractivity contribution in [2.24, 2.45) is 5.84 Å². The summed E-state index contributed by atoms with van der Waals surface area (Å²) in [6, 6.07) is 0. The van der Waals surface area contributed by atoms with Crippen molar-refractivity contribution in [3.63, 3.8) is 0 Å². The third kappa shape index (κ3) is 2.77. The van der Waals surface area contributed by atoms with Crippen LogP contribution in [0.15, 0.2) is 21.4 Å². The molecule has 0 saturated heterocycles. The molecule has 0 atom stereocenters. The SMILES string of the molecule is CCc1cnc(CNc2ncnc(NN)c2Br)o1. The summed E-state index contributed by atoms with van der Waals surface area (Å²) in [4.78, 5) is 12.2. The van der Waals surface area contributed by atoms with Gasteiger partial charge in [-0.05, 0) is 15.9 Å². The first-order valence-corrected chi connectivity index (χ1v) is 6.18. The molecule has 2 rings (SSSR count). The average Bonchev–Trinajstić information content (AvgIpc) is 2.85. The van der Waals surface area contributed by atoms with E-state index in [9.17, 15) is 0 Å². The van der Waals surface area contributed by atoms with Crippen LogP contribution in [0.5, 0.6) is 0 Å². The molecule has 8 heteroatoms.